The van der Waals surface area contributed by atoms with Gasteiger partial charge < -0.3 is 14.2 Å². The minimum absolute atomic E-state index is 0.0932. The lowest BCUT2D eigenvalue weighted by Gasteiger charge is -2.18. The van der Waals surface area contributed by atoms with Crippen LogP contribution in [0.1, 0.15) is 271 Å². The SMILES string of the molecule is CC/C=C\C/C=C\C/C=C\C/C=C\C/C=C\CCCCCC(=O)OC[C@@H](COC(=O)CCCCCCC/C=C\CCCCC)OC(=O)CCCCCCCCC/C=C\CCCCCCCCCC. The third-order valence-corrected chi connectivity index (χ3v) is 12.1. The molecule has 0 aromatic carbocycles. The average molecular weight is 948 g/mol. The molecule has 6 nitrogen and oxygen atoms in total. The van der Waals surface area contributed by atoms with E-state index in [1.807, 2.05) is 0 Å². The molecule has 0 fully saturated rings. The molecule has 1 atom stereocenters. The summed E-state index contributed by atoms with van der Waals surface area (Å²) in [6.07, 6.45) is 72.9. The number of hydrogen-bond donors (Lipinski definition) is 0. The monoisotopic (exact) mass is 947 g/mol. The maximum atomic E-state index is 12.9. The molecule has 6 heteroatoms. The van der Waals surface area contributed by atoms with E-state index in [0.717, 1.165) is 103 Å². The van der Waals surface area contributed by atoms with Crippen molar-refractivity contribution < 1.29 is 28.6 Å². The van der Waals surface area contributed by atoms with Crippen LogP contribution in [0.3, 0.4) is 0 Å². The van der Waals surface area contributed by atoms with E-state index in [-0.39, 0.29) is 31.1 Å². The number of rotatable bonds is 51. The summed E-state index contributed by atoms with van der Waals surface area (Å²) in [6.45, 7) is 6.47. The second-order valence-electron chi connectivity index (χ2n) is 18.8. The summed E-state index contributed by atoms with van der Waals surface area (Å²) in [4.78, 5) is 38.1. The van der Waals surface area contributed by atoms with Crippen molar-refractivity contribution >= 4 is 17.9 Å². The first-order valence-electron chi connectivity index (χ1n) is 28.6. The van der Waals surface area contributed by atoms with Gasteiger partial charge in [0.05, 0.1) is 0 Å². The Labute approximate surface area is 420 Å². The zero-order chi connectivity index (χ0) is 49.3. The maximum Gasteiger partial charge on any atom is 0.306 e. The quantitative estimate of drug-likeness (QED) is 0.0262. The summed E-state index contributed by atoms with van der Waals surface area (Å²) in [6, 6.07) is 0. The van der Waals surface area contributed by atoms with Gasteiger partial charge in [0.2, 0.25) is 0 Å². The number of unbranched alkanes of at least 4 members (excludes halogenated alkanes) is 26. The number of hydrogen-bond acceptors (Lipinski definition) is 6. The molecule has 0 rings (SSSR count). The van der Waals surface area contributed by atoms with Gasteiger partial charge in [0.1, 0.15) is 13.2 Å². The first-order chi connectivity index (χ1) is 33.5. The molecule has 0 aromatic heterocycles. The predicted molar refractivity (Wildman–Crippen MR) is 293 cm³/mol. The highest BCUT2D eigenvalue weighted by atomic mass is 16.6. The summed E-state index contributed by atoms with van der Waals surface area (Å²) in [5.41, 5.74) is 0. The first kappa shape index (κ1) is 64.6. The number of carbonyl (C=O) groups is 3. The molecule has 0 bridgehead atoms. The summed E-state index contributed by atoms with van der Waals surface area (Å²) in [5, 5.41) is 0. The molecule has 0 spiro atoms. The summed E-state index contributed by atoms with van der Waals surface area (Å²) >= 11 is 0. The molecule has 0 aliphatic carbocycles. The minimum atomic E-state index is -0.796. The van der Waals surface area contributed by atoms with Crippen molar-refractivity contribution in [1.82, 2.24) is 0 Å². The van der Waals surface area contributed by atoms with Crippen LogP contribution >= 0.6 is 0 Å². The van der Waals surface area contributed by atoms with E-state index < -0.39 is 6.10 Å². The van der Waals surface area contributed by atoms with Gasteiger partial charge in [-0.3, -0.25) is 14.4 Å². The maximum absolute atomic E-state index is 12.9. The van der Waals surface area contributed by atoms with E-state index in [4.69, 9.17) is 14.2 Å². The van der Waals surface area contributed by atoms with Crippen LogP contribution in [-0.4, -0.2) is 37.2 Å². The molecule has 0 saturated carbocycles. The summed E-state index contributed by atoms with van der Waals surface area (Å²) < 4.78 is 16.8. The van der Waals surface area contributed by atoms with Crippen molar-refractivity contribution in [3.05, 3.63) is 85.1 Å². The van der Waals surface area contributed by atoms with Gasteiger partial charge in [-0.15, -0.1) is 0 Å². The lowest BCUT2D eigenvalue weighted by atomic mass is 10.1. The van der Waals surface area contributed by atoms with Gasteiger partial charge in [-0.1, -0.05) is 221 Å². The zero-order valence-electron chi connectivity index (χ0n) is 44.6. The van der Waals surface area contributed by atoms with Crippen molar-refractivity contribution in [3.63, 3.8) is 0 Å². The van der Waals surface area contributed by atoms with Gasteiger partial charge in [0.15, 0.2) is 6.10 Å². The van der Waals surface area contributed by atoms with Crippen molar-refractivity contribution in [2.45, 2.75) is 277 Å². The highest BCUT2D eigenvalue weighted by Gasteiger charge is 2.19. The third-order valence-electron chi connectivity index (χ3n) is 12.1. The Balaban J connectivity index is 4.43. The zero-order valence-corrected chi connectivity index (χ0v) is 44.6. The van der Waals surface area contributed by atoms with Gasteiger partial charge in [-0.2, -0.15) is 0 Å². The van der Waals surface area contributed by atoms with Crippen molar-refractivity contribution in [2.24, 2.45) is 0 Å². The first-order valence-corrected chi connectivity index (χ1v) is 28.6. The molecule has 0 N–H and O–H groups in total. The van der Waals surface area contributed by atoms with E-state index in [1.165, 1.54) is 128 Å². The second kappa shape index (κ2) is 56.2. The Morgan fingerprint density at radius 3 is 0.956 bits per heavy atom. The van der Waals surface area contributed by atoms with Crippen LogP contribution in [0.25, 0.3) is 0 Å². The molecular weight excluding hydrogens is 841 g/mol. The molecule has 0 heterocycles. The molecule has 0 amide bonds. The Hall–Kier alpha value is -3.41. The molecule has 0 saturated heterocycles. The van der Waals surface area contributed by atoms with Crippen LogP contribution in [0.15, 0.2) is 85.1 Å². The van der Waals surface area contributed by atoms with Gasteiger partial charge in [0.25, 0.3) is 0 Å². The number of carbonyl (C=O) groups excluding carboxylic acids is 3. The lowest BCUT2D eigenvalue weighted by Crippen LogP contribution is -2.30. The fourth-order valence-electron chi connectivity index (χ4n) is 7.81. The van der Waals surface area contributed by atoms with Crippen LogP contribution in [0, 0.1) is 0 Å². The minimum Gasteiger partial charge on any atom is -0.462 e. The summed E-state index contributed by atoms with van der Waals surface area (Å²) in [7, 11) is 0. The molecule has 390 valence electrons. The molecule has 0 aliphatic heterocycles. The predicted octanol–water partition coefficient (Wildman–Crippen LogP) is 19.2. The smallest absolute Gasteiger partial charge is 0.306 e. The van der Waals surface area contributed by atoms with Gasteiger partial charge >= 0.3 is 17.9 Å². The fourth-order valence-corrected chi connectivity index (χ4v) is 7.81. The average Bonchev–Trinajstić information content (AvgIpc) is 3.34. The Morgan fingerprint density at radius 1 is 0.309 bits per heavy atom. The fraction of sp³-hybridized carbons (Fsp3) is 0.726. The van der Waals surface area contributed by atoms with E-state index in [1.54, 1.807) is 0 Å². The van der Waals surface area contributed by atoms with Crippen molar-refractivity contribution in [2.75, 3.05) is 13.2 Å². The Kier molecular flexibility index (Phi) is 53.4. The highest BCUT2D eigenvalue weighted by Crippen LogP contribution is 2.14. The normalized spacial score (nSPS) is 12.7. The largest absolute Gasteiger partial charge is 0.462 e. The van der Waals surface area contributed by atoms with Crippen molar-refractivity contribution in [3.8, 4) is 0 Å². The van der Waals surface area contributed by atoms with Gasteiger partial charge in [-0.25, -0.2) is 0 Å². The van der Waals surface area contributed by atoms with Crippen LogP contribution < -0.4 is 0 Å². The lowest BCUT2D eigenvalue weighted by molar-refractivity contribution is -0.167. The second-order valence-corrected chi connectivity index (χ2v) is 18.8. The van der Waals surface area contributed by atoms with Crippen molar-refractivity contribution in [1.29, 1.82) is 0 Å². The van der Waals surface area contributed by atoms with Crippen LogP contribution in [-0.2, 0) is 28.6 Å². The van der Waals surface area contributed by atoms with E-state index >= 15 is 0 Å². The van der Waals surface area contributed by atoms with Gasteiger partial charge in [-0.05, 0) is 116 Å². The van der Waals surface area contributed by atoms with Crippen LogP contribution in [0.2, 0.25) is 0 Å². The Bertz CT molecular complexity index is 1320. The number of esters is 3. The number of ether oxygens (including phenoxy) is 3. The number of allylic oxidation sites excluding steroid dienone is 14. The van der Waals surface area contributed by atoms with Crippen LogP contribution in [0.4, 0.5) is 0 Å². The van der Waals surface area contributed by atoms with E-state index in [2.05, 4.69) is 106 Å². The molecule has 0 radical (unpaired) electrons. The Morgan fingerprint density at radius 2 is 0.574 bits per heavy atom. The van der Waals surface area contributed by atoms with E-state index in [9.17, 15) is 14.4 Å². The third kappa shape index (κ3) is 53.5. The molecule has 68 heavy (non-hydrogen) atoms. The topological polar surface area (TPSA) is 78.9 Å². The molecule has 0 unspecified atom stereocenters. The standard InChI is InChI=1S/C62H106O6/c1-4-7-10-13-16-19-22-25-27-29-31-33-35-37-40-43-46-49-52-55-61(64)67-58-59(57-66-60(63)54-51-48-45-42-39-24-21-18-15-12-9-6-3)68-62(65)56-53-50-47-44-41-38-36-34-32-30-28-26-23-20-17-14-11-8-5-2/h7,10,16,18-19,21,25,27,30-33,37,40,59H,4-6,8-9,11-15,17,20,22-24,26,28-29,34-36,38-39,41-58H2,1-3H3/b10-7-,19-16-,21-18-,27-25-,32-30-,33-31-,40-37-/t59-/m1/s1. The molecular formula is C62H106O6. The van der Waals surface area contributed by atoms with Crippen LogP contribution in [0.5, 0.6) is 0 Å². The highest BCUT2D eigenvalue weighted by molar-refractivity contribution is 5.71. The summed E-state index contributed by atoms with van der Waals surface area (Å²) in [5.74, 6) is -0.935. The molecule has 0 aliphatic rings. The molecule has 0 aromatic rings. The van der Waals surface area contributed by atoms with Gasteiger partial charge in [0, 0.05) is 19.3 Å². The van der Waals surface area contributed by atoms with E-state index in [0.29, 0.717) is 19.3 Å².